The number of hydrogen-bond donors (Lipinski definition) is 3. The molecule has 1 atom stereocenters. The minimum atomic E-state index is -4.81. The van der Waals surface area contributed by atoms with Crippen molar-refractivity contribution in [1.29, 1.82) is 0 Å². The van der Waals surface area contributed by atoms with Crippen molar-refractivity contribution in [3.05, 3.63) is 95.0 Å². The third-order valence-corrected chi connectivity index (χ3v) is 7.21. The number of alkyl halides is 3. The third kappa shape index (κ3) is 6.91. The summed E-state index contributed by atoms with van der Waals surface area (Å²) in [5, 5.41) is 15.8. The van der Waals surface area contributed by atoms with Gasteiger partial charge in [0, 0.05) is 29.9 Å². The lowest BCUT2D eigenvalue weighted by molar-refractivity contribution is -0.198. The number of hydrogen-bond acceptors (Lipinski definition) is 8. The molecule has 5 aromatic rings. The van der Waals surface area contributed by atoms with Gasteiger partial charge in [0.05, 0.1) is 11.6 Å². The number of ether oxygens (including phenoxy) is 1. The van der Waals surface area contributed by atoms with Crippen molar-refractivity contribution < 1.29 is 27.4 Å². The van der Waals surface area contributed by atoms with Gasteiger partial charge in [0.1, 0.15) is 33.2 Å². The molecule has 0 bridgehead atoms. The minimum Gasteiger partial charge on any atom is -0.475 e. The van der Waals surface area contributed by atoms with Gasteiger partial charge in [-0.1, -0.05) is 59.3 Å². The minimum absolute atomic E-state index is 0.0699. The molecule has 0 amide bonds. The zero-order chi connectivity index (χ0) is 29.0. The molecule has 0 saturated heterocycles. The van der Waals surface area contributed by atoms with E-state index in [0.29, 0.717) is 34.9 Å². The first kappa shape index (κ1) is 28.7. The van der Waals surface area contributed by atoms with E-state index in [1.54, 1.807) is 0 Å². The first-order valence-corrected chi connectivity index (χ1v) is 13.5. The number of benzene rings is 3. The summed E-state index contributed by atoms with van der Waals surface area (Å²) >= 11 is 7.68. The number of fused-ring (bicyclic) bond motifs is 1. The van der Waals surface area contributed by atoms with Crippen molar-refractivity contribution in [2.45, 2.75) is 18.8 Å². The van der Waals surface area contributed by atoms with Gasteiger partial charge in [-0.2, -0.15) is 13.2 Å². The SMILES string of the molecule is OCCNCc1ccc(-c2nc3c(Nc4ccc(OC(c5cccc(F)c5)C(F)(F)F)c(Cl)c4)ncnc3s2)cc1. The van der Waals surface area contributed by atoms with Crippen LogP contribution >= 0.6 is 22.9 Å². The molecule has 0 spiro atoms. The first-order chi connectivity index (χ1) is 19.7. The lowest BCUT2D eigenvalue weighted by atomic mass is 10.1. The van der Waals surface area contributed by atoms with E-state index in [1.807, 2.05) is 24.3 Å². The molecule has 0 fully saturated rings. The maximum atomic E-state index is 13.7. The molecule has 7 nitrogen and oxygen atoms in total. The second kappa shape index (κ2) is 12.4. The average Bonchev–Trinajstić information content (AvgIpc) is 3.38. The number of anilines is 2. The van der Waals surface area contributed by atoms with Crippen LogP contribution in [0.4, 0.5) is 29.1 Å². The highest BCUT2D eigenvalue weighted by Gasteiger charge is 2.43. The third-order valence-electron chi connectivity index (χ3n) is 5.90. The molecule has 3 N–H and O–H groups in total. The number of aliphatic hydroxyl groups is 1. The van der Waals surface area contributed by atoms with Gasteiger partial charge < -0.3 is 20.5 Å². The van der Waals surface area contributed by atoms with Crippen LogP contribution in [0.5, 0.6) is 5.75 Å². The molecule has 41 heavy (non-hydrogen) atoms. The van der Waals surface area contributed by atoms with Gasteiger partial charge in [-0.3, -0.25) is 0 Å². The summed E-state index contributed by atoms with van der Waals surface area (Å²) in [6.07, 6.45) is -5.83. The van der Waals surface area contributed by atoms with Crippen LogP contribution < -0.4 is 15.4 Å². The topological polar surface area (TPSA) is 92.2 Å². The number of halogens is 5. The summed E-state index contributed by atoms with van der Waals surface area (Å²) in [5.74, 6) is -0.640. The Balaban J connectivity index is 1.35. The summed E-state index contributed by atoms with van der Waals surface area (Å²) < 4.78 is 60.0. The zero-order valence-electron chi connectivity index (χ0n) is 21.1. The fraction of sp³-hybridized carbons (Fsp3) is 0.179. The number of aliphatic hydroxyl groups excluding tert-OH is 1. The van der Waals surface area contributed by atoms with Crippen LogP contribution in [0.25, 0.3) is 20.9 Å². The Morgan fingerprint density at radius 3 is 2.54 bits per heavy atom. The molecule has 13 heteroatoms. The smallest absolute Gasteiger partial charge is 0.429 e. The molecule has 1 unspecified atom stereocenters. The van der Waals surface area contributed by atoms with Gasteiger partial charge >= 0.3 is 6.18 Å². The molecule has 2 heterocycles. The van der Waals surface area contributed by atoms with E-state index in [0.717, 1.165) is 34.3 Å². The van der Waals surface area contributed by atoms with Crippen molar-refractivity contribution >= 4 is 44.8 Å². The molecule has 0 aliphatic carbocycles. The van der Waals surface area contributed by atoms with Crippen LogP contribution in [0.15, 0.2) is 73.1 Å². The first-order valence-electron chi connectivity index (χ1n) is 12.3. The van der Waals surface area contributed by atoms with Gasteiger partial charge in [0.25, 0.3) is 0 Å². The van der Waals surface area contributed by atoms with Crippen LogP contribution in [-0.4, -0.2) is 39.4 Å². The molecule has 0 saturated carbocycles. The van der Waals surface area contributed by atoms with E-state index in [4.69, 9.17) is 26.4 Å². The second-order valence-electron chi connectivity index (χ2n) is 8.86. The predicted octanol–water partition coefficient (Wildman–Crippen LogP) is 7.05. The molecular formula is C28H22ClF4N5O2S. The van der Waals surface area contributed by atoms with Gasteiger partial charge in [0.15, 0.2) is 5.82 Å². The zero-order valence-corrected chi connectivity index (χ0v) is 22.7. The number of thiazole rings is 1. The van der Waals surface area contributed by atoms with Crippen LogP contribution in [0, 0.1) is 5.82 Å². The lowest BCUT2D eigenvalue weighted by Gasteiger charge is -2.23. The monoisotopic (exact) mass is 603 g/mol. The summed E-state index contributed by atoms with van der Waals surface area (Å²) in [5.41, 5.74) is 2.53. The van der Waals surface area contributed by atoms with Gasteiger partial charge in [-0.25, -0.2) is 19.3 Å². The largest absolute Gasteiger partial charge is 0.475 e. The summed E-state index contributed by atoms with van der Waals surface area (Å²) in [7, 11) is 0. The Hall–Kier alpha value is -3.84. The average molecular weight is 604 g/mol. The van der Waals surface area contributed by atoms with Crippen molar-refractivity contribution in [3.8, 4) is 16.3 Å². The number of nitrogens with zero attached hydrogens (tertiary/aromatic N) is 3. The fourth-order valence-corrected chi connectivity index (χ4v) is 5.12. The number of rotatable bonds is 10. The Bertz CT molecular complexity index is 1650. The Labute approximate surface area is 240 Å². The quantitative estimate of drug-likeness (QED) is 0.116. The maximum Gasteiger partial charge on any atom is 0.429 e. The van der Waals surface area contributed by atoms with E-state index >= 15 is 0 Å². The van der Waals surface area contributed by atoms with E-state index in [-0.39, 0.29) is 22.9 Å². The molecule has 0 aliphatic heterocycles. The van der Waals surface area contributed by atoms with E-state index in [2.05, 4.69) is 20.6 Å². The molecule has 212 valence electrons. The van der Waals surface area contributed by atoms with Crippen LogP contribution in [0.1, 0.15) is 17.2 Å². The number of nitrogens with one attached hydrogen (secondary N) is 2. The Morgan fingerprint density at radius 1 is 1.02 bits per heavy atom. The van der Waals surface area contributed by atoms with Gasteiger partial charge in [-0.05, 0) is 35.9 Å². The Morgan fingerprint density at radius 2 is 1.83 bits per heavy atom. The molecule has 2 aromatic heterocycles. The van der Waals surface area contributed by atoms with Crippen molar-refractivity contribution in [2.24, 2.45) is 0 Å². The van der Waals surface area contributed by atoms with E-state index in [1.165, 1.54) is 41.9 Å². The highest BCUT2D eigenvalue weighted by Crippen LogP contribution is 2.40. The van der Waals surface area contributed by atoms with Gasteiger partial charge in [-0.15, -0.1) is 0 Å². The standard InChI is InChI=1S/C28H22ClF4N5O2S/c29-21-13-20(8-9-22(21)40-24(28(31,32)33)18-2-1-3-19(30)12-18)37-25-23-27(36-15-35-25)41-26(38-23)17-6-4-16(5-7-17)14-34-10-11-39/h1-9,12-13,15,24,34,39H,10-11,14H2,(H,35,36,37). The van der Waals surface area contributed by atoms with E-state index < -0.39 is 18.1 Å². The predicted molar refractivity (Wildman–Crippen MR) is 150 cm³/mol. The molecular weight excluding hydrogens is 582 g/mol. The van der Waals surface area contributed by atoms with Crippen LogP contribution in [0.3, 0.4) is 0 Å². The lowest BCUT2D eigenvalue weighted by Crippen LogP contribution is -2.26. The van der Waals surface area contributed by atoms with Crippen molar-refractivity contribution in [3.63, 3.8) is 0 Å². The Kier molecular flexibility index (Phi) is 8.64. The number of aromatic nitrogens is 3. The highest BCUT2D eigenvalue weighted by molar-refractivity contribution is 7.21. The normalized spacial score (nSPS) is 12.4. The summed E-state index contributed by atoms with van der Waals surface area (Å²) in [6, 6.07) is 16.2. The van der Waals surface area contributed by atoms with Crippen molar-refractivity contribution in [1.82, 2.24) is 20.3 Å². The van der Waals surface area contributed by atoms with Crippen molar-refractivity contribution in [2.75, 3.05) is 18.5 Å². The maximum absolute atomic E-state index is 13.7. The molecule has 3 aromatic carbocycles. The van der Waals surface area contributed by atoms with Gasteiger partial charge in [0.2, 0.25) is 6.10 Å². The highest BCUT2D eigenvalue weighted by atomic mass is 35.5. The van der Waals surface area contributed by atoms with E-state index in [9.17, 15) is 17.6 Å². The molecule has 5 rings (SSSR count). The fourth-order valence-electron chi connectivity index (χ4n) is 3.98. The summed E-state index contributed by atoms with van der Waals surface area (Å²) in [4.78, 5) is 13.9. The molecule has 0 aliphatic rings. The molecule has 0 radical (unpaired) electrons. The van der Waals surface area contributed by atoms with Crippen LogP contribution in [0.2, 0.25) is 5.02 Å². The van der Waals surface area contributed by atoms with Crippen LogP contribution in [-0.2, 0) is 6.54 Å². The second-order valence-corrected chi connectivity index (χ2v) is 10.2. The summed E-state index contributed by atoms with van der Waals surface area (Å²) in [6.45, 7) is 1.21.